The molecule has 100 valence electrons. The number of aromatic nitrogens is 1. The van der Waals surface area contributed by atoms with Gasteiger partial charge >= 0.3 is 0 Å². The van der Waals surface area contributed by atoms with Crippen LogP contribution in [0.3, 0.4) is 0 Å². The summed E-state index contributed by atoms with van der Waals surface area (Å²) in [5.74, 6) is 5.87. The van der Waals surface area contributed by atoms with Crippen LogP contribution in [0.15, 0.2) is 18.3 Å². The number of carbonyl (C=O) groups excluding carboxylic acids is 1. The highest BCUT2D eigenvalue weighted by Crippen LogP contribution is 2.10. The largest absolute Gasteiger partial charge is 0.384 e. The Hall–Kier alpha value is -1.82. The fourth-order valence-corrected chi connectivity index (χ4v) is 1.42. The molecule has 0 unspecified atom stereocenters. The van der Waals surface area contributed by atoms with Crippen molar-refractivity contribution in [2.75, 3.05) is 17.3 Å². The molecule has 6 nitrogen and oxygen atoms in total. The summed E-state index contributed by atoms with van der Waals surface area (Å²) in [5.41, 5.74) is 3.15. The lowest BCUT2D eigenvalue weighted by molar-refractivity contribution is -0.122. The SMILES string of the molecule is CC(C)(C)NC(=O)CCNc1ccnc(NN)c1. The molecule has 0 aliphatic carbocycles. The summed E-state index contributed by atoms with van der Waals surface area (Å²) in [6.07, 6.45) is 2.07. The number of hydrogen-bond donors (Lipinski definition) is 4. The van der Waals surface area contributed by atoms with E-state index in [1.54, 1.807) is 12.3 Å². The maximum Gasteiger partial charge on any atom is 0.222 e. The highest BCUT2D eigenvalue weighted by atomic mass is 16.1. The molecule has 18 heavy (non-hydrogen) atoms. The number of hydrazine groups is 1. The molecule has 0 bridgehead atoms. The quantitative estimate of drug-likeness (QED) is 0.464. The minimum Gasteiger partial charge on any atom is -0.384 e. The molecule has 0 fully saturated rings. The van der Waals surface area contributed by atoms with Crippen molar-refractivity contribution in [2.45, 2.75) is 32.7 Å². The smallest absolute Gasteiger partial charge is 0.222 e. The summed E-state index contributed by atoms with van der Waals surface area (Å²) in [4.78, 5) is 15.6. The molecule has 1 heterocycles. The molecular weight excluding hydrogens is 230 g/mol. The van der Waals surface area contributed by atoms with Gasteiger partial charge in [-0.2, -0.15) is 0 Å². The van der Waals surface area contributed by atoms with Gasteiger partial charge in [0, 0.05) is 36.5 Å². The number of nitrogens with two attached hydrogens (primary N) is 1. The van der Waals surface area contributed by atoms with Crippen molar-refractivity contribution in [1.82, 2.24) is 10.3 Å². The van der Waals surface area contributed by atoms with Gasteiger partial charge in [0.2, 0.25) is 5.91 Å². The van der Waals surface area contributed by atoms with Crippen molar-refractivity contribution in [2.24, 2.45) is 5.84 Å². The Morgan fingerprint density at radius 2 is 2.17 bits per heavy atom. The number of hydrogen-bond acceptors (Lipinski definition) is 5. The zero-order valence-corrected chi connectivity index (χ0v) is 11.1. The highest BCUT2D eigenvalue weighted by Gasteiger charge is 2.12. The second-order valence-electron chi connectivity index (χ2n) is 5.05. The van der Waals surface area contributed by atoms with Gasteiger partial charge in [0.25, 0.3) is 0 Å². The molecule has 5 N–H and O–H groups in total. The van der Waals surface area contributed by atoms with Crippen LogP contribution >= 0.6 is 0 Å². The molecule has 0 saturated heterocycles. The molecule has 0 aliphatic rings. The number of anilines is 2. The van der Waals surface area contributed by atoms with Gasteiger partial charge < -0.3 is 16.1 Å². The van der Waals surface area contributed by atoms with Gasteiger partial charge in [0.15, 0.2) is 0 Å². The third kappa shape index (κ3) is 5.49. The molecule has 1 rings (SSSR count). The Morgan fingerprint density at radius 3 is 2.78 bits per heavy atom. The second-order valence-corrected chi connectivity index (χ2v) is 5.05. The molecule has 0 spiro atoms. The summed E-state index contributed by atoms with van der Waals surface area (Å²) in [6, 6.07) is 3.60. The van der Waals surface area contributed by atoms with Gasteiger partial charge in [-0.05, 0) is 26.8 Å². The first-order valence-corrected chi connectivity index (χ1v) is 5.88. The van der Waals surface area contributed by atoms with E-state index < -0.39 is 0 Å². The van der Waals surface area contributed by atoms with E-state index in [0.29, 0.717) is 18.8 Å². The predicted molar refractivity (Wildman–Crippen MR) is 73.0 cm³/mol. The Balaban J connectivity index is 2.35. The first kappa shape index (κ1) is 14.2. The molecule has 0 aromatic carbocycles. The summed E-state index contributed by atoms with van der Waals surface area (Å²) in [6.45, 7) is 6.44. The Kier molecular flexibility index (Phi) is 4.91. The van der Waals surface area contributed by atoms with Crippen LogP contribution in [0.4, 0.5) is 11.5 Å². The first-order chi connectivity index (χ1) is 8.40. The zero-order valence-electron chi connectivity index (χ0n) is 11.1. The van der Waals surface area contributed by atoms with E-state index in [1.807, 2.05) is 26.8 Å². The number of rotatable bonds is 5. The molecule has 1 amide bonds. The number of nitrogen functional groups attached to an aromatic ring is 1. The fourth-order valence-electron chi connectivity index (χ4n) is 1.42. The summed E-state index contributed by atoms with van der Waals surface area (Å²) < 4.78 is 0. The number of pyridine rings is 1. The monoisotopic (exact) mass is 251 g/mol. The number of carbonyl (C=O) groups is 1. The van der Waals surface area contributed by atoms with Crippen LogP contribution < -0.4 is 21.9 Å². The Bertz CT molecular complexity index is 400. The van der Waals surface area contributed by atoms with E-state index in [-0.39, 0.29) is 11.4 Å². The van der Waals surface area contributed by atoms with Crippen LogP contribution in [0.5, 0.6) is 0 Å². The van der Waals surface area contributed by atoms with Crippen LogP contribution in [0, 0.1) is 0 Å². The van der Waals surface area contributed by atoms with Crippen LogP contribution in [-0.2, 0) is 4.79 Å². The molecule has 0 saturated carbocycles. The van der Waals surface area contributed by atoms with E-state index in [0.717, 1.165) is 5.69 Å². The molecule has 0 atom stereocenters. The lowest BCUT2D eigenvalue weighted by Crippen LogP contribution is -2.41. The number of nitrogens with one attached hydrogen (secondary N) is 3. The molecule has 1 aromatic rings. The van der Waals surface area contributed by atoms with Crippen LogP contribution in [-0.4, -0.2) is 23.0 Å². The van der Waals surface area contributed by atoms with Crippen molar-refractivity contribution in [1.29, 1.82) is 0 Å². The van der Waals surface area contributed by atoms with Crippen LogP contribution in [0.25, 0.3) is 0 Å². The molecule has 1 aromatic heterocycles. The maximum atomic E-state index is 11.6. The van der Waals surface area contributed by atoms with Gasteiger partial charge in [0.05, 0.1) is 0 Å². The Labute approximate surface area is 107 Å². The third-order valence-corrected chi connectivity index (χ3v) is 2.10. The van der Waals surface area contributed by atoms with Crippen molar-refractivity contribution in [3.8, 4) is 0 Å². The maximum absolute atomic E-state index is 11.6. The molecular formula is C12H21N5O. The van der Waals surface area contributed by atoms with E-state index in [1.165, 1.54) is 0 Å². The lowest BCUT2D eigenvalue weighted by Gasteiger charge is -2.20. The zero-order chi connectivity index (χ0) is 13.6. The lowest BCUT2D eigenvalue weighted by atomic mass is 10.1. The second kappa shape index (κ2) is 6.20. The highest BCUT2D eigenvalue weighted by molar-refractivity contribution is 5.77. The first-order valence-electron chi connectivity index (χ1n) is 5.88. The normalized spacial score (nSPS) is 10.9. The van der Waals surface area contributed by atoms with Gasteiger partial charge in [-0.1, -0.05) is 0 Å². The van der Waals surface area contributed by atoms with E-state index in [2.05, 4.69) is 21.0 Å². The van der Waals surface area contributed by atoms with Gasteiger partial charge in [0.1, 0.15) is 5.82 Å². The van der Waals surface area contributed by atoms with Crippen molar-refractivity contribution < 1.29 is 4.79 Å². The topological polar surface area (TPSA) is 92.1 Å². The van der Waals surface area contributed by atoms with Gasteiger partial charge in [-0.15, -0.1) is 0 Å². The number of amides is 1. The standard InChI is InChI=1S/C12H21N5O/c1-12(2,3)16-11(18)5-7-14-9-4-6-15-10(8-9)17-13/h4,6,8H,5,7,13H2,1-3H3,(H,16,18)(H2,14,15,17). The van der Waals surface area contributed by atoms with Gasteiger partial charge in [-0.3, -0.25) is 4.79 Å². The van der Waals surface area contributed by atoms with E-state index >= 15 is 0 Å². The van der Waals surface area contributed by atoms with Gasteiger partial charge in [-0.25, -0.2) is 10.8 Å². The summed E-state index contributed by atoms with van der Waals surface area (Å²) in [7, 11) is 0. The number of nitrogens with zero attached hydrogens (tertiary/aromatic N) is 1. The molecule has 0 aliphatic heterocycles. The minimum atomic E-state index is -0.190. The predicted octanol–water partition coefficient (Wildman–Crippen LogP) is 1.08. The molecule has 0 radical (unpaired) electrons. The van der Waals surface area contributed by atoms with E-state index in [9.17, 15) is 4.79 Å². The van der Waals surface area contributed by atoms with Crippen LogP contribution in [0.1, 0.15) is 27.2 Å². The van der Waals surface area contributed by atoms with E-state index in [4.69, 9.17) is 5.84 Å². The molecule has 6 heteroatoms. The van der Waals surface area contributed by atoms with Crippen LogP contribution in [0.2, 0.25) is 0 Å². The average Bonchev–Trinajstić information content (AvgIpc) is 2.27. The summed E-state index contributed by atoms with van der Waals surface area (Å²) in [5, 5.41) is 6.04. The minimum absolute atomic E-state index is 0.0289. The van der Waals surface area contributed by atoms with Crippen molar-refractivity contribution in [3.05, 3.63) is 18.3 Å². The third-order valence-electron chi connectivity index (χ3n) is 2.10. The summed E-state index contributed by atoms with van der Waals surface area (Å²) >= 11 is 0. The van der Waals surface area contributed by atoms with Crippen molar-refractivity contribution in [3.63, 3.8) is 0 Å². The Morgan fingerprint density at radius 1 is 1.44 bits per heavy atom. The fraction of sp³-hybridized carbons (Fsp3) is 0.500. The average molecular weight is 251 g/mol. The van der Waals surface area contributed by atoms with Crippen molar-refractivity contribution >= 4 is 17.4 Å².